The lowest BCUT2D eigenvalue weighted by molar-refractivity contribution is 0.0749. The summed E-state index contributed by atoms with van der Waals surface area (Å²) in [4.78, 5) is 45.3. The van der Waals surface area contributed by atoms with E-state index in [1.807, 2.05) is 62.4 Å². The topological polar surface area (TPSA) is 123 Å². The molecule has 0 radical (unpaired) electrons. The molecule has 1 amide bonds. The summed E-state index contributed by atoms with van der Waals surface area (Å²) < 4.78 is 7.16. The van der Waals surface area contributed by atoms with Gasteiger partial charge in [0.1, 0.15) is 5.75 Å². The fourth-order valence-electron chi connectivity index (χ4n) is 7.12. The van der Waals surface area contributed by atoms with Gasteiger partial charge in [-0.3, -0.25) is 19.4 Å². The predicted molar refractivity (Wildman–Crippen MR) is 185 cm³/mol. The molecule has 9 heteroatoms. The second kappa shape index (κ2) is 14.3. The van der Waals surface area contributed by atoms with Crippen molar-refractivity contribution < 1.29 is 19.4 Å². The minimum Gasteiger partial charge on any atom is -0.497 e. The Labute approximate surface area is 281 Å². The van der Waals surface area contributed by atoms with Crippen LogP contribution in [0.4, 0.5) is 0 Å². The van der Waals surface area contributed by atoms with Gasteiger partial charge >= 0.3 is 0 Å². The second-order valence-electron chi connectivity index (χ2n) is 13.7. The van der Waals surface area contributed by atoms with E-state index in [0.717, 1.165) is 36.8 Å². The highest BCUT2D eigenvalue weighted by Crippen LogP contribution is 2.42. The number of aliphatic hydroxyl groups is 1. The average Bonchev–Trinajstić information content (AvgIpc) is 3.64. The molecule has 2 aliphatic rings. The van der Waals surface area contributed by atoms with Gasteiger partial charge in [0.25, 0.3) is 11.5 Å². The molecule has 3 N–H and O–H groups in total. The highest BCUT2D eigenvalue weighted by atomic mass is 16.5. The number of rotatable bonds is 11. The first-order chi connectivity index (χ1) is 23.1. The molecule has 6 rings (SSSR count). The number of pyridine rings is 2. The summed E-state index contributed by atoms with van der Waals surface area (Å²) in [6.45, 7) is 4.05. The lowest BCUT2D eigenvalue weighted by atomic mass is 9.71. The van der Waals surface area contributed by atoms with E-state index < -0.39 is 17.6 Å². The molecule has 2 aromatic carbocycles. The average molecular weight is 649 g/mol. The van der Waals surface area contributed by atoms with Gasteiger partial charge in [-0.15, -0.1) is 0 Å². The lowest BCUT2D eigenvalue weighted by Gasteiger charge is -2.37. The SMILES string of the molecule is COc1ccc2c(c1)[C@H](NC[C@@H](O)[C@H](Cc1ccccc1)NC(=O)c1cc(-c3ccccn3)c(=O)n(C3CCCC3)c1)CC(C)(C)C2=O. The van der Waals surface area contributed by atoms with Gasteiger partial charge in [-0.05, 0) is 73.2 Å². The number of amides is 1. The third kappa shape index (κ3) is 7.12. The van der Waals surface area contributed by atoms with Gasteiger partial charge < -0.3 is 25.0 Å². The molecule has 0 spiro atoms. The number of nitrogens with zero attached hydrogens (tertiary/aromatic N) is 2. The fraction of sp³-hybridized carbons (Fsp3) is 0.385. The molecule has 2 aromatic heterocycles. The summed E-state index contributed by atoms with van der Waals surface area (Å²) in [7, 11) is 1.60. The van der Waals surface area contributed by atoms with Crippen LogP contribution in [0.3, 0.4) is 0 Å². The molecule has 3 atom stereocenters. The van der Waals surface area contributed by atoms with Crippen molar-refractivity contribution >= 4 is 11.7 Å². The number of methoxy groups -OCH3 is 1. The Morgan fingerprint density at radius 3 is 2.48 bits per heavy atom. The summed E-state index contributed by atoms with van der Waals surface area (Å²) >= 11 is 0. The molecule has 2 aliphatic carbocycles. The number of nitrogens with one attached hydrogen (secondary N) is 2. The van der Waals surface area contributed by atoms with Crippen molar-refractivity contribution in [3.8, 4) is 17.0 Å². The predicted octanol–water partition coefficient (Wildman–Crippen LogP) is 5.68. The van der Waals surface area contributed by atoms with E-state index in [-0.39, 0.29) is 35.9 Å². The smallest absolute Gasteiger partial charge is 0.260 e. The third-order valence-electron chi connectivity index (χ3n) is 9.82. The number of Topliss-reactive ketones (excluding diaryl/α,β-unsaturated/α-hetero) is 1. The number of hydrogen-bond donors (Lipinski definition) is 3. The van der Waals surface area contributed by atoms with Crippen LogP contribution in [0.2, 0.25) is 0 Å². The molecule has 1 saturated carbocycles. The second-order valence-corrected chi connectivity index (χ2v) is 13.7. The van der Waals surface area contributed by atoms with Crippen molar-refractivity contribution in [1.82, 2.24) is 20.2 Å². The number of ketones is 1. The van der Waals surface area contributed by atoms with Crippen molar-refractivity contribution in [3.05, 3.63) is 118 Å². The van der Waals surface area contributed by atoms with Gasteiger partial charge in [-0.1, -0.05) is 63.1 Å². The van der Waals surface area contributed by atoms with Gasteiger partial charge in [-0.2, -0.15) is 0 Å². The Bertz CT molecular complexity index is 1820. The molecule has 1 fully saturated rings. The molecular weight excluding hydrogens is 604 g/mol. The number of carbonyl (C=O) groups is 2. The van der Waals surface area contributed by atoms with Gasteiger partial charge in [0, 0.05) is 42.0 Å². The summed E-state index contributed by atoms with van der Waals surface area (Å²) in [5.41, 5.74) is 2.93. The van der Waals surface area contributed by atoms with Crippen LogP contribution in [-0.2, 0) is 6.42 Å². The minimum absolute atomic E-state index is 0.0238. The molecule has 0 bridgehead atoms. The Kier molecular flexibility index (Phi) is 9.89. The Morgan fingerprint density at radius 2 is 1.77 bits per heavy atom. The van der Waals surface area contributed by atoms with Crippen molar-refractivity contribution in [3.63, 3.8) is 0 Å². The number of aliphatic hydroxyl groups excluding tert-OH is 1. The summed E-state index contributed by atoms with van der Waals surface area (Å²) in [6, 6.07) is 21.4. The molecular formula is C39H44N4O5. The zero-order valence-electron chi connectivity index (χ0n) is 27.8. The third-order valence-corrected chi connectivity index (χ3v) is 9.82. The molecule has 9 nitrogen and oxygen atoms in total. The monoisotopic (exact) mass is 648 g/mol. The maximum Gasteiger partial charge on any atom is 0.260 e. The first-order valence-corrected chi connectivity index (χ1v) is 16.8. The Balaban J connectivity index is 1.28. The zero-order valence-corrected chi connectivity index (χ0v) is 27.8. The molecule has 2 heterocycles. The highest BCUT2D eigenvalue weighted by molar-refractivity contribution is 6.02. The molecule has 250 valence electrons. The molecule has 48 heavy (non-hydrogen) atoms. The number of carbonyl (C=O) groups excluding carboxylic acids is 2. The summed E-state index contributed by atoms with van der Waals surface area (Å²) in [5, 5.41) is 18.3. The Morgan fingerprint density at radius 1 is 1.02 bits per heavy atom. The van der Waals surface area contributed by atoms with Gasteiger partial charge in [0.05, 0.1) is 36.1 Å². The summed E-state index contributed by atoms with van der Waals surface area (Å²) in [5.74, 6) is 0.363. The molecule has 0 unspecified atom stereocenters. The van der Waals surface area contributed by atoms with Crippen LogP contribution in [0.25, 0.3) is 11.3 Å². The largest absolute Gasteiger partial charge is 0.497 e. The van der Waals surface area contributed by atoms with Crippen LogP contribution in [0.15, 0.2) is 90.0 Å². The van der Waals surface area contributed by atoms with Crippen LogP contribution < -0.4 is 20.9 Å². The first-order valence-electron chi connectivity index (χ1n) is 16.8. The van der Waals surface area contributed by atoms with E-state index in [0.29, 0.717) is 41.0 Å². The van der Waals surface area contributed by atoms with Crippen LogP contribution in [0, 0.1) is 5.41 Å². The minimum atomic E-state index is -0.972. The first kappa shape index (κ1) is 33.3. The number of benzene rings is 2. The van der Waals surface area contributed by atoms with Gasteiger partial charge in [-0.25, -0.2) is 0 Å². The molecule has 0 aliphatic heterocycles. The molecule has 0 saturated heterocycles. The Hall–Kier alpha value is -4.60. The number of ether oxygens (including phenoxy) is 1. The number of aromatic nitrogens is 2. The van der Waals surface area contributed by atoms with E-state index in [2.05, 4.69) is 15.6 Å². The van der Waals surface area contributed by atoms with Crippen LogP contribution in [0.5, 0.6) is 5.75 Å². The van der Waals surface area contributed by atoms with E-state index in [9.17, 15) is 19.5 Å². The zero-order chi connectivity index (χ0) is 33.8. The van der Waals surface area contributed by atoms with Gasteiger partial charge in [0.2, 0.25) is 0 Å². The van der Waals surface area contributed by atoms with Crippen LogP contribution in [0.1, 0.15) is 89.9 Å². The van der Waals surface area contributed by atoms with Crippen molar-refractivity contribution in [2.24, 2.45) is 5.41 Å². The van der Waals surface area contributed by atoms with Gasteiger partial charge in [0.15, 0.2) is 5.78 Å². The summed E-state index contributed by atoms with van der Waals surface area (Å²) in [6.07, 6.45) is 7.10. The maximum atomic E-state index is 14.0. The quantitative estimate of drug-likeness (QED) is 0.191. The van der Waals surface area contributed by atoms with Crippen molar-refractivity contribution in [2.45, 2.75) is 76.6 Å². The highest BCUT2D eigenvalue weighted by Gasteiger charge is 2.40. The fourth-order valence-corrected chi connectivity index (χ4v) is 7.12. The lowest BCUT2D eigenvalue weighted by Crippen LogP contribution is -2.50. The number of hydrogen-bond acceptors (Lipinski definition) is 7. The van der Waals surface area contributed by atoms with Crippen LogP contribution in [-0.4, -0.2) is 52.1 Å². The number of fused-ring (bicyclic) bond motifs is 1. The van der Waals surface area contributed by atoms with Crippen molar-refractivity contribution in [2.75, 3.05) is 13.7 Å². The normalized spacial score (nSPS) is 18.6. The van der Waals surface area contributed by atoms with E-state index in [1.54, 1.807) is 48.3 Å². The van der Waals surface area contributed by atoms with E-state index >= 15 is 0 Å². The van der Waals surface area contributed by atoms with E-state index in [1.165, 1.54) is 0 Å². The molecule has 4 aromatic rings. The maximum absolute atomic E-state index is 14.0. The van der Waals surface area contributed by atoms with E-state index in [4.69, 9.17) is 4.74 Å². The van der Waals surface area contributed by atoms with Crippen LogP contribution >= 0.6 is 0 Å². The standard InChI is InChI=1S/C39H44N4O5/c1-39(2)22-34(30-21-28(48-3)16-17-29(30)36(39)45)41-23-35(44)33(19-25-11-5-4-6-12-25)42-37(46)26-20-31(32-15-9-10-18-40-32)38(47)43(24-26)27-13-7-8-14-27/h4-6,9-12,15-18,20-21,24,27,33-35,41,44H,7-8,13-14,19,22-23H2,1-3H3,(H,42,46)/t33-,34+,35+/m0/s1. The van der Waals surface area contributed by atoms with Crippen molar-refractivity contribution in [1.29, 1.82) is 0 Å².